The molecule has 4 nitrogen and oxygen atoms in total. The second-order valence-corrected chi connectivity index (χ2v) is 7.41. The molecule has 0 spiro atoms. The molecular formula is C14H26N4S. The molecule has 0 amide bonds. The van der Waals surface area contributed by atoms with Gasteiger partial charge in [0.1, 0.15) is 5.01 Å². The smallest absolute Gasteiger partial charge is 0.205 e. The molecule has 0 saturated heterocycles. The summed E-state index contributed by atoms with van der Waals surface area (Å²) >= 11 is 1.69. The Balaban J connectivity index is 1.94. The first-order valence-electron chi connectivity index (χ1n) is 7.23. The molecule has 0 unspecified atom stereocenters. The highest BCUT2D eigenvalue weighted by atomic mass is 32.1. The van der Waals surface area contributed by atoms with Gasteiger partial charge in [0.25, 0.3) is 0 Å². The summed E-state index contributed by atoms with van der Waals surface area (Å²) in [5.74, 6) is 0.468. The van der Waals surface area contributed by atoms with Crippen molar-refractivity contribution in [2.24, 2.45) is 5.41 Å². The zero-order valence-corrected chi connectivity index (χ0v) is 13.4. The van der Waals surface area contributed by atoms with Gasteiger partial charge in [-0.05, 0) is 26.9 Å². The lowest BCUT2D eigenvalue weighted by Gasteiger charge is -2.32. The van der Waals surface area contributed by atoms with Gasteiger partial charge in [-0.3, -0.25) is 0 Å². The van der Waals surface area contributed by atoms with Crippen molar-refractivity contribution < 1.29 is 0 Å². The van der Waals surface area contributed by atoms with Gasteiger partial charge in [0.2, 0.25) is 5.13 Å². The van der Waals surface area contributed by atoms with E-state index in [-0.39, 0.29) is 0 Å². The van der Waals surface area contributed by atoms with Crippen LogP contribution in [0.3, 0.4) is 0 Å². The molecular weight excluding hydrogens is 256 g/mol. The molecule has 1 aromatic heterocycles. The van der Waals surface area contributed by atoms with Crippen molar-refractivity contribution in [3.05, 3.63) is 5.01 Å². The molecule has 1 aromatic rings. The van der Waals surface area contributed by atoms with E-state index in [4.69, 9.17) is 0 Å². The Labute approximate surface area is 120 Å². The highest BCUT2D eigenvalue weighted by Gasteiger charge is 2.34. The third-order valence-corrected chi connectivity index (χ3v) is 5.05. The summed E-state index contributed by atoms with van der Waals surface area (Å²) < 4.78 is 0. The summed E-state index contributed by atoms with van der Waals surface area (Å²) in [5, 5.41) is 14.1. The van der Waals surface area contributed by atoms with Crippen LogP contribution < -0.4 is 5.32 Å². The summed E-state index contributed by atoms with van der Waals surface area (Å²) in [6, 6.07) is 0. The van der Waals surface area contributed by atoms with Gasteiger partial charge < -0.3 is 10.2 Å². The van der Waals surface area contributed by atoms with Crippen LogP contribution in [0, 0.1) is 5.41 Å². The standard InChI is InChI=1S/C14H26N4S/c1-11(2)12-16-17-13(19-12)15-9-14(10-18(3)4)7-5-6-8-14/h11H,5-10H2,1-4H3,(H,15,17). The molecule has 1 saturated carbocycles. The second kappa shape index (κ2) is 6.18. The highest BCUT2D eigenvalue weighted by Crippen LogP contribution is 2.39. The molecule has 1 aliphatic rings. The number of hydrogen-bond acceptors (Lipinski definition) is 5. The maximum atomic E-state index is 4.25. The fourth-order valence-electron chi connectivity index (χ4n) is 2.99. The fraction of sp³-hybridized carbons (Fsp3) is 0.857. The van der Waals surface area contributed by atoms with Gasteiger partial charge in [-0.15, -0.1) is 10.2 Å². The lowest BCUT2D eigenvalue weighted by atomic mass is 9.85. The molecule has 1 fully saturated rings. The minimum absolute atomic E-state index is 0.424. The van der Waals surface area contributed by atoms with Crippen LogP contribution >= 0.6 is 11.3 Å². The van der Waals surface area contributed by atoms with Crippen molar-refractivity contribution in [1.29, 1.82) is 0 Å². The number of nitrogens with one attached hydrogen (secondary N) is 1. The maximum Gasteiger partial charge on any atom is 0.205 e. The molecule has 0 radical (unpaired) electrons. The topological polar surface area (TPSA) is 41.1 Å². The van der Waals surface area contributed by atoms with E-state index >= 15 is 0 Å². The van der Waals surface area contributed by atoms with Gasteiger partial charge in [0, 0.05) is 24.4 Å². The first-order chi connectivity index (χ1) is 9.01. The number of rotatable bonds is 6. The minimum atomic E-state index is 0.424. The lowest BCUT2D eigenvalue weighted by molar-refractivity contribution is 0.215. The van der Waals surface area contributed by atoms with E-state index in [1.165, 1.54) is 25.7 Å². The summed E-state index contributed by atoms with van der Waals surface area (Å²) in [7, 11) is 4.34. The summed E-state index contributed by atoms with van der Waals surface area (Å²) in [6.07, 6.45) is 5.38. The van der Waals surface area contributed by atoms with Gasteiger partial charge >= 0.3 is 0 Å². The fourth-order valence-corrected chi connectivity index (χ4v) is 3.73. The van der Waals surface area contributed by atoms with Crippen LogP contribution in [0.1, 0.15) is 50.5 Å². The third-order valence-electron chi connectivity index (χ3n) is 3.86. The molecule has 0 bridgehead atoms. The first-order valence-corrected chi connectivity index (χ1v) is 8.04. The monoisotopic (exact) mass is 282 g/mol. The van der Waals surface area contributed by atoms with Crippen LogP contribution in [0.4, 0.5) is 5.13 Å². The molecule has 1 heterocycles. The van der Waals surface area contributed by atoms with Crippen LogP contribution in [-0.2, 0) is 0 Å². The zero-order chi connectivity index (χ0) is 13.9. The molecule has 0 atom stereocenters. The van der Waals surface area contributed by atoms with Crippen LogP contribution in [0.5, 0.6) is 0 Å². The van der Waals surface area contributed by atoms with Crippen LogP contribution in [-0.4, -0.2) is 42.3 Å². The molecule has 0 aliphatic heterocycles. The molecule has 108 valence electrons. The lowest BCUT2D eigenvalue weighted by Crippen LogP contribution is -2.37. The Bertz CT molecular complexity index is 394. The molecule has 19 heavy (non-hydrogen) atoms. The van der Waals surface area contributed by atoms with E-state index in [2.05, 4.69) is 48.4 Å². The Morgan fingerprint density at radius 2 is 1.95 bits per heavy atom. The third kappa shape index (κ3) is 3.89. The van der Waals surface area contributed by atoms with Gasteiger partial charge in [0.15, 0.2) is 0 Å². The maximum absolute atomic E-state index is 4.25. The van der Waals surface area contributed by atoms with E-state index in [9.17, 15) is 0 Å². The quantitative estimate of drug-likeness (QED) is 0.870. The van der Waals surface area contributed by atoms with Crippen molar-refractivity contribution in [1.82, 2.24) is 15.1 Å². The SMILES string of the molecule is CC(C)c1nnc(NCC2(CN(C)C)CCCC2)s1. The Hall–Kier alpha value is -0.680. The summed E-state index contributed by atoms with van der Waals surface area (Å²) in [4.78, 5) is 2.31. The molecule has 0 aromatic carbocycles. The summed E-state index contributed by atoms with van der Waals surface area (Å²) in [6.45, 7) is 6.51. The van der Waals surface area contributed by atoms with Crippen molar-refractivity contribution in [3.8, 4) is 0 Å². The number of aromatic nitrogens is 2. The van der Waals surface area contributed by atoms with Crippen molar-refractivity contribution in [3.63, 3.8) is 0 Å². The first kappa shape index (κ1) is 14.7. The molecule has 5 heteroatoms. The average Bonchev–Trinajstić information content (AvgIpc) is 2.94. The predicted octanol–water partition coefficient (Wildman–Crippen LogP) is 3.20. The van der Waals surface area contributed by atoms with Crippen molar-refractivity contribution >= 4 is 16.5 Å². The van der Waals surface area contributed by atoms with Crippen LogP contribution in [0.25, 0.3) is 0 Å². The molecule has 1 N–H and O–H groups in total. The largest absolute Gasteiger partial charge is 0.359 e. The molecule has 2 rings (SSSR count). The van der Waals surface area contributed by atoms with Crippen molar-refractivity contribution in [2.75, 3.05) is 32.5 Å². The van der Waals surface area contributed by atoms with E-state index in [0.29, 0.717) is 11.3 Å². The normalized spacial score (nSPS) is 18.4. The highest BCUT2D eigenvalue weighted by molar-refractivity contribution is 7.15. The molecule has 1 aliphatic carbocycles. The van der Waals surface area contributed by atoms with Gasteiger partial charge in [-0.2, -0.15) is 0 Å². The van der Waals surface area contributed by atoms with Crippen molar-refractivity contribution in [2.45, 2.75) is 45.4 Å². The van der Waals surface area contributed by atoms with Gasteiger partial charge in [-0.25, -0.2) is 0 Å². The Morgan fingerprint density at radius 1 is 1.26 bits per heavy atom. The minimum Gasteiger partial charge on any atom is -0.359 e. The Kier molecular flexibility index (Phi) is 4.79. The number of hydrogen-bond donors (Lipinski definition) is 1. The zero-order valence-electron chi connectivity index (χ0n) is 12.6. The van der Waals surface area contributed by atoms with E-state index in [0.717, 1.165) is 23.2 Å². The van der Waals surface area contributed by atoms with E-state index < -0.39 is 0 Å². The van der Waals surface area contributed by atoms with E-state index in [1.54, 1.807) is 11.3 Å². The predicted molar refractivity (Wildman–Crippen MR) is 81.9 cm³/mol. The average molecular weight is 282 g/mol. The number of nitrogens with zero attached hydrogens (tertiary/aromatic N) is 3. The van der Waals surface area contributed by atoms with E-state index in [1.807, 2.05) is 0 Å². The second-order valence-electron chi connectivity index (χ2n) is 6.40. The Morgan fingerprint density at radius 3 is 2.47 bits per heavy atom. The van der Waals surface area contributed by atoms with Gasteiger partial charge in [-0.1, -0.05) is 38.0 Å². The summed E-state index contributed by atoms with van der Waals surface area (Å²) in [5.41, 5.74) is 0.424. The van der Waals surface area contributed by atoms with Crippen LogP contribution in [0.2, 0.25) is 0 Å². The van der Waals surface area contributed by atoms with Crippen LogP contribution in [0.15, 0.2) is 0 Å². The number of anilines is 1. The van der Waals surface area contributed by atoms with Gasteiger partial charge in [0.05, 0.1) is 0 Å².